The van der Waals surface area contributed by atoms with Gasteiger partial charge in [0, 0.05) is 5.02 Å². The van der Waals surface area contributed by atoms with Crippen LogP contribution in [0, 0.1) is 5.82 Å². The van der Waals surface area contributed by atoms with Crippen LogP contribution in [0.2, 0.25) is 5.02 Å². The van der Waals surface area contributed by atoms with E-state index in [0.717, 1.165) is 0 Å². The van der Waals surface area contributed by atoms with Crippen LogP contribution in [0.5, 0.6) is 5.75 Å². The van der Waals surface area contributed by atoms with Crippen molar-refractivity contribution in [1.82, 2.24) is 0 Å². The van der Waals surface area contributed by atoms with E-state index in [1.165, 1.54) is 18.2 Å². The Labute approximate surface area is 91.8 Å². The van der Waals surface area contributed by atoms with Gasteiger partial charge in [0.15, 0.2) is 0 Å². The Morgan fingerprint density at radius 2 is 1.80 bits per heavy atom. The minimum absolute atomic E-state index is 0.0711. The van der Waals surface area contributed by atoms with Crippen LogP contribution in [0.15, 0.2) is 42.5 Å². The molecule has 2 rings (SSSR count). The van der Waals surface area contributed by atoms with E-state index in [1.54, 1.807) is 24.3 Å². The quantitative estimate of drug-likeness (QED) is 0.777. The normalized spacial score (nSPS) is 10.3. The summed E-state index contributed by atoms with van der Waals surface area (Å²) < 4.78 is 13.0. The van der Waals surface area contributed by atoms with E-state index in [-0.39, 0.29) is 11.6 Å². The Morgan fingerprint density at radius 3 is 2.47 bits per heavy atom. The van der Waals surface area contributed by atoms with Gasteiger partial charge in [0.1, 0.15) is 11.6 Å². The number of phenols is 1. The molecule has 0 saturated carbocycles. The number of aromatic hydroxyl groups is 1. The van der Waals surface area contributed by atoms with Crippen molar-refractivity contribution in [1.29, 1.82) is 0 Å². The van der Waals surface area contributed by atoms with Crippen molar-refractivity contribution in [2.75, 3.05) is 0 Å². The molecular formula is C12H8ClFO. The first-order chi connectivity index (χ1) is 7.15. The molecule has 3 heteroatoms. The molecule has 0 unspecified atom stereocenters. The van der Waals surface area contributed by atoms with E-state index < -0.39 is 0 Å². The molecule has 0 aliphatic rings. The third-order valence-corrected chi connectivity index (χ3v) is 2.26. The molecule has 2 aromatic carbocycles. The van der Waals surface area contributed by atoms with E-state index in [9.17, 15) is 9.50 Å². The van der Waals surface area contributed by atoms with Crippen molar-refractivity contribution >= 4 is 11.6 Å². The van der Waals surface area contributed by atoms with E-state index in [4.69, 9.17) is 11.6 Å². The van der Waals surface area contributed by atoms with Crippen LogP contribution in [-0.2, 0) is 0 Å². The molecular weight excluding hydrogens is 215 g/mol. The molecule has 1 nitrogen and oxygen atoms in total. The summed E-state index contributed by atoms with van der Waals surface area (Å²) in [6, 6.07) is 10.8. The summed E-state index contributed by atoms with van der Waals surface area (Å²) in [5.41, 5.74) is 1.38. The van der Waals surface area contributed by atoms with Gasteiger partial charge in [-0.2, -0.15) is 0 Å². The summed E-state index contributed by atoms with van der Waals surface area (Å²) in [6.07, 6.45) is 0. The number of hydrogen-bond donors (Lipinski definition) is 1. The van der Waals surface area contributed by atoms with E-state index in [0.29, 0.717) is 16.1 Å². The molecule has 15 heavy (non-hydrogen) atoms. The summed E-state index contributed by atoms with van der Waals surface area (Å²) in [5, 5.41) is 9.77. The monoisotopic (exact) mass is 222 g/mol. The summed E-state index contributed by atoms with van der Waals surface area (Å²) in [5.74, 6) is -0.242. The van der Waals surface area contributed by atoms with E-state index in [2.05, 4.69) is 0 Å². The SMILES string of the molecule is Oc1cc(Cl)cc(-c2cccc(F)c2)c1. The number of hydrogen-bond acceptors (Lipinski definition) is 1. The van der Waals surface area contributed by atoms with Crippen LogP contribution in [-0.4, -0.2) is 5.11 Å². The lowest BCUT2D eigenvalue weighted by Crippen LogP contribution is -1.80. The highest BCUT2D eigenvalue weighted by molar-refractivity contribution is 6.31. The first kappa shape index (κ1) is 9.99. The molecule has 0 aliphatic heterocycles. The Kier molecular flexibility index (Phi) is 2.60. The lowest BCUT2D eigenvalue weighted by Gasteiger charge is -2.03. The average molecular weight is 223 g/mol. The van der Waals surface area contributed by atoms with Crippen LogP contribution in [0.25, 0.3) is 11.1 Å². The Morgan fingerprint density at radius 1 is 1.00 bits per heavy atom. The van der Waals surface area contributed by atoms with Crippen LogP contribution in [0.4, 0.5) is 4.39 Å². The van der Waals surface area contributed by atoms with Gasteiger partial charge in [-0.05, 0) is 41.5 Å². The maximum Gasteiger partial charge on any atom is 0.123 e. The van der Waals surface area contributed by atoms with E-state index in [1.807, 2.05) is 0 Å². The molecule has 0 spiro atoms. The summed E-state index contributed by atoms with van der Waals surface area (Å²) in [6.45, 7) is 0. The third kappa shape index (κ3) is 2.28. The van der Waals surface area contributed by atoms with Gasteiger partial charge >= 0.3 is 0 Å². The minimum atomic E-state index is -0.313. The van der Waals surface area contributed by atoms with Gasteiger partial charge in [-0.25, -0.2) is 4.39 Å². The van der Waals surface area contributed by atoms with Crippen LogP contribution < -0.4 is 0 Å². The summed E-state index contributed by atoms with van der Waals surface area (Å²) >= 11 is 5.79. The predicted octanol–water partition coefficient (Wildman–Crippen LogP) is 3.85. The predicted molar refractivity (Wildman–Crippen MR) is 58.5 cm³/mol. The second-order valence-corrected chi connectivity index (χ2v) is 3.64. The molecule has 2 aromatic rings. The summed E-state index contributed by atoms with van der Waals surface area (Å²) in [7, 11) is 0. The lowest BCUT2D eigenvalue weighted by atomic mass is 10.1. The van der Waals surface area contributed by atoms with Gasteiger partial charge in [0.05, 0.1) is 0 Å². The van der Waals surface area contributed by atoms with Gasteiger partial charge in [0.2, 0.25) is 0 Å². The van der Waals surface area contributed by atoms with Crippen molar-refractivity contribution in [2.45, 2.75) is 0 Å². The van der Waals surface area contributed by atoms with Crippen LogP contribution in [0.1, 0.15) is 0 Å². The largest absolute Gasteiger partial charge is 0.508 e. The number of halogens is 2. The number of benzene rings is 2. The zero-order chi connectivity index (χ0) is 10.8. The highest BCUT2D eigenvalue weighted by atomic mass is 35.5. The van der Waals surface area contributed by atoms with E-state index >= 15 is 0 Å². The maximum atomic E-state index is 13.0. The van der Waals surface area contributed by atoms with Gasteiger partial charge in [-0.1, -0.05) is 23.7 Å². The molecule has 0 amide bonds. The van der Waals surface area contributed by atoms with Crippen molar-refractivity contribution < 1.29 is 9.50 Å². The van der Waals surface area contributed by atoms with Crippen molar-refractivity contribution in [3.8, 4) is 16.9 Å². The molecule has 0 radical (unpaired) electrons. The number of rotatable bonds is 1. The topological polar surface area (TPSA) is 20.2 Å². The molecule has 0 aromatic heterocycles. The second-order valence-electron chi connectivity index (χ2n) is 3.21. The molecule has 76 valence electrons. The fourth-order valence-electron chi connectivity index (χ4n) is 1.41. The maximum absolute atomic E-state index is 13.0. The van der Waals surface area contributed by atoms with Crippen LogP contribution >= 0.6 is 11.6 Å². The fourth-order valence-corrected chi connectivity index (χ4v) is 1.64. The first-order valence-electron chi connectivity index (χ1n) is 4.40. The third-order valence-electron chi connectivity index (χ3n) is 2.04. The van der Waals surface area contributed by atoms with Gasteiger partial charge in [-0.3, -0.25) is 0 Å². The lowest BCUT2D eigenvalue weighted by molar-refractivity contribution is 0.475. The Hall–Kier alpha value is -1.54. The van der Waals surface area contributed by atoms with Crippen molar-refractivity contribution in [3.63, 3.8) is 0 Å². The zero-order valence-electron chi connectivity index (χ0n) is 7.74. The highest BCUT2D eigenvalue weighted by Crippen LogP contribution is 2.27. The molecule has 0 saturated heterocycles. The van der Waals surface area contributed by atoms with Gasteiger partial charge < -0.3 is 5.11 Å². The molecule has 0 fully saturated rings. The standard InChI is InChI=1S/C12H8ClFO/c13-10-4-9(6-12(15)7-10)8-2-1-3-11(14)5-8/h1-7,15H. The first-order valence-corrected chi connectivity index (χ1v) is 4.78. The minimum Gasteiger partial charge on any atom is -0.508 e. The Balaban J connectivity index is 2.54. The van der Waals surface area contributed by atoms with Crippen molar-refractivity contribution in [3.05, 3.63) is 53.3 Å². The molecule has 1 N–H and O–H groups in total. The molecule has 0 bridgehead atoms. The fraction of sp³-hybridized carbons (Fsp3) is 0. The smallest absolute Gasteiger partial charge is 0.123 e. The van der Waals surface area contributed by atoms with Gasteiger partial charge in [0.25, 0.3) is 0 Å². The molecule has 0 aliphatic carbocycles. The Bertz CT molecular complexity index is 476. The van der Waals surface area contributed by atoms with Crippen LogP contribution in [0.3, 0.4) is 0 Å². The average Bonchev–Trinajstić information content (AvgIpc) is 2.16. The zero-order valence-corrected chi connectivity index (χ0v) is 8.50. The summed E-state index contributed by atoms with van der Waals surface area (Å²) in [4.78, 5) is 0. The molecule has 0 atom stereocenters. The number of phenolic OH excluding ortho intramolecular Hbond substituents is 1. The van der Waals surface area contributed by atoms with Crippen molar-refractivity contribution in [2.24, 2.45) is 0 Å². The van der Waals surface area contributed by atoms with Gasteiger partial charge in [-0.15, -0.1) is 0 Å². The highest BCUT2D eigenvalue weighted by Gasteiger charge is 2.02. The molecule has 0 heterocycles. The second kappa shape index (κ2) is 3.91.